The number of thiophene rings is 1. The number of ether oxygens (including phenoxy) is 1. The molecule has 3 rings (SSSR count). The molecule has 0 radical (unpaired) electrons. The third-order valence-corrected chi connectivity index (χ3v) is 5.74. The number of esters is 1. The molecule has 2 aliphatic heterocycles. The molecule has 0 saturated carbocycles. The van der Waals surface area contributed by atoms with Crippen LogP contribution in [0.5, 0.6) is 0 Å². The highest BCUT2D eigenvalue weighted by Gasteiger charge is 2.35. The molecule has 2 N–H and O–H groups in total. The number of hydrogen-bond acceptors (Lipinski definition) is 5. The second-order valence-corrected chi connectivity index (χ2v) is 8.28. The number of nitrogens with one attached hydrogen (secondary N) is 2. The van der Waals surface area contributed by atoms with Gasteiger partial charge in [0.15, 0.2) is 0 Å². The lowest BCUT2D eigenvalue weighted by Crippen LogP contribution is -2.49. The van der Waals surface area contributed by atoms with Gasteiger partial charge < -0.3 is 15.4 Å². The maximum Gasteiger partial charge on any atom is 0.338 e. The highest BCUT2D eigenvalue weighted by atomic mass is 32.1. The normalized spacial score (nSPS) is 27.0. The van der Waals surface area contributed by atoms with Crippen molar-refractivity contribution < 1.29 is 14.3 Å². The Balaban J connectivity index is 1.93. The molecule has 1 aromatic heterocycles. The second kappa shape index (κ2) is 8.22. The largest absolute Gasteiger partial charge is 0.463 e. The molecule has 142 valence electrons. The first-order valence-corrected chi connectivity index (χ1v) is 10.1. The topological polar surface area (TPSA) is 70.7 Å². The lowest BCUT2D eigenvalue weighted by Gasteiger charge is -2.37. The van der Waals surface area contributed by atoms with Crippen molar-refractivity contribution in [1.29, 1.82) is 0 Å². The van der Waals surface area contributed by atoms with Crippen LogP contribution in [0.15, 0.2) is 28.8 Å². The molecule has 6 nitrogen and oxygen atoms in total. The first-order chi connectivity index (χ1) is 12.5. The number of carbonyl (C=O) groups excluding carboxylic acids is 2. The van der Waals surface area contributed by atoms with Crippen molar-refractivity contribution in [3.63, 3.8) is 0 Å². The van der Waals surface area contributed by atoms with E-state index in [1.54, 1.807) is 6.92 Å². The van der Waals surface area contributed by atoms with Crippen LogP contribution in [0.2, 0.25) is 0 Å². The van der Waals surface area contributed by atoms with E-state index >= 15 is 0 Å². The fourth-order valence-corrected chi connectivity index (χ4v) is 4.79. The predicted octanol–water partition coefficient (Wildman–Crippen LogP) is 2.90. The summed E-state index contributed by atoms with van der Waals surface area (Å²) in [4.78, 5) is 28.2. The molecule has 0 unspecified atom stereocenters. The van der Waals surface area contributed by atoms with Crippen molar-refractivity contribution in [2.75, 3.05) is 26.2 Å². The Morgan fingerprint density at radius 2 is 2.08 bits per heavy atom. The standard InChI is InChI=1S/C19H27N3O3S/c1-4-25-18(23)16-14(11-22-9-12(2)8-13(3)10-22)20-19(24)21-17(16)15-6-5-7-26-15/h5-7,12-13,17H,4,8-11H2,1-3H3,(H2,20,21,24)/t12-,13-,17+/m1/s1. The van der Waals surface area contributed by atoms with Gasteiger partial charge in [-0.3, -0.25) is 4.90 Å². The number of piperidine rings is 1. The fourth-order valence-electron chi connectivity index (χ4n) is 4.01. The first kappa shape index (κ1) is 18.9. The van der Waals surface area contributed by atoms with E-state index in [1.165, 1.54) is 17.8 Å². The van der Waals surface area contributed by atoms with Gasteiger partial charge in [-0.2, -0.15) is 0 Å². The summed E-state index contributed by atoms with van der Waals surface area (Å²) in [5, 5.41) is 7.69. The molecule has 0 aliphatic carbocycles. The van der Waals surface area contributed by atoms with Crippen LogP contribution in [0.25, 0.3) is 0 Å². The Hall–Kier alpha value is -1.86. The molecule has 0 bridgehead atoms. The Labute approximate surface area is 158 Å². The van der Waals surface area contributed by atoms with Crippen molar-refractivity contribution >= 4 is 23.3 Å². The third-order valence-electron chi connectivity index (χ3n) is 4.80. The van der Waals surface area contributed by atoms with E-state index < -0.39 is 6.04 Å². The van der Waals surface area contributed by atoms with Crippen molar-refractivity contribution in [3.05, 3.63) is 33.7 Å². The van der Waals surface area contributed by atoms with Crippen LogP contribution in [0.1, 0.15) is 38.1 Å². The molecule has 1 fully saturated rings. The maximum atomic E-state index is 12.7. The first-order valence-electron chi connectivity index (χ1n) is 9.21. The van der Waals surface area contributed by atoms with Gasteiger partial charge in [0.05, 0.1) is 18.2 Å². The van der Waals surface area contributed by atoms with Gasteiger partial charge in [-0.15, -0.1) is 11.3 Å². The summed E-state index contributed by atoms with van der Waals surface area (Å²) in [6, 6.07) is 3.12. The number of urea groups is 1. The number of likely N-dealkylation sites (tertiary alicyclic amines) is 1. The van der Waals surface area contributed by atoms with Gasteiger partial charge in [-0.05, 0) is 36.6 Å². The van der Waals surface area contributed by atoms with E-state index in [1.807, 2.05) is 17.5 Å². The van der Waals surface area contributed by atoms with E-state index in [4.69, 9.17) is 4.74 Å². The summed E-state index contributed by atoms with van der Waals surface area (Å²) in [6.45, 7) is 9.09. The van der Waals surface area contributed by atoms with Gasteiger partial charge in [0.1, 0.15) is 0 Å². The third kappa shape index (κ3) is 4.27. The van der Waals surface area contributed by atoms with Crippen LogP contribution in [0, 0.1) is 11.8 Å². The van der Waals surface area contributed by atoms with Crippen LogP contribution in [0.4, 0.5) is 4.79 Å². The minimum absolute atomic E-state index is 0.274. The molecule has 3 atom stereocenters. The van der Waals surface area contributed by atoms with Gasteiger partial charge in [0, 0.05) is 30.2 Å². The van der Waals surface area contributed by atoms with E-state index in [2.05, 4.69) is 29.4 Å². The average molecular weight is 378 g/mol. The molecule has 0 aromatic carbocycles. The minimum atomic E-state index is -0.461. The zero-order valence-electron chi connectivity index (χ0n) is 15.6. The molecular formula is C19H27N3O3S. The van der Waals surface area contributed by atoms with Crippen molar-refractivity contribution in [1.82, 2.24) is 15.5 Å². The minimum Gasteiger partial charge on any atom is -0.463 e. The second-order valence-electron chi connectivity index (χ2n) is 7.30. The predicted molar refractivity (Wildman–Crippen MR) is 102 cm³/mol. The van der Waals surface area contributed by atoms with E-state index in [0.717, 1.165) is 18.0 Å². The highest BCUT2D eigenvalue weighted by Crippen LogP contribution is 2.31. The Morgan fingerprint density at radius 1 is 1.35 bits per heavy atom. The van der Waals surface area contributed by atoms with Gasteiger partial charge in [-0.25, -0.2) is 9.59 Å². The van der Waals surface area contributed by atoms with Crippen LogP contribution in [-0.4, -0.2) is 43.1 Å². The number of amides is 2. The number of rotatable bonds is 5. The Kier molecular flexibility index (Phi) is 5.98. The van der Waals surface area contributed by atoms with Gasteiger partial charge in [0.2, 0.25) is 0 Å². The zero-order valence-corrected chi connectivity index (χ0v) is 16.4. The Bertz CT molecular complexity index is 676. The summed E-state index contributed by atoms with van der Waals surface area (Å²) in [7, 11) is 0. The number of nitrogens with zero attached hydrogens (tertiary/aromatic N) is 1. The monoisotopic (exact) mass is 377 g/mol. The fraction of sp³-hybridized carbons (Fsp3) is 0.579. The van der Waals surface area contributed by atoms with Crippen LogP contribution in [-0.2, 0) is 9.53 Å². The lowest BCUT2D eigenvalue weighted by molar-refractivity contribution is -0.139. The quantitative estimate of drug-likeness (QED) is 0.774. The number of carbonyl (C=O) groups is 2. The molecule has 26 heavy (non-hydrogen) atoms. The molecule has 0 spiro atoms. The van der Waals surface area contributed by atoms with E-state index in [0.29, 0.717) is 36.3 Å². The summed E-state index contributed by atoms with van der Waals surface area (Å²) >= 11 is 1.52. The maximum absolute atomic E-state index is 12.7. The summed E-state index contributed by atoms with van der Waals surface area (Å²) in [5.74, 6) is 0.846. The summed E-state index contributed by atoms with van der Waals surface area (Å²) < 4.78 is 5.30. The molecule has 1 aromatic rings. The van der Waals surface area contributed by atoms with E-state index in [9.17, 15) is 9.59 Å². The van der Waals surface area contributed by atoms with Gasteiger partial charge in [-0.1, -0.05) is 19.9 Å². The number of hydrogen-bond donors (Lipinski definition) is 2. The summed E-state index contributed by atoms with van der Waals surface area (Å²) in [6.07, 6.45) is 1.21. The molecule has 3 heterocycles. The molecule has 1 saturated heterocycles. The molecule has 7 heteroatoms. The van der Waals surface area contributed by atoms with Crippen molar-refractivity contribution in [3.8, 4) is 0 Å². The van der Waals surface area contributed by atoms with Gasteiger partial charge >= 0.3 is 12.0 Å². The molecule has 2 amide bonds. The van der Waals surface area contributed by atoms with Gasteiger partial charge in [0.25, 0.3) is 0 Å². The average Bonchev–Trinajstić information content (AvgIpc) is 3.07. The van der Waals surface area contributed by atoms with E-state index in [-0.39, 0.29) is 12.0 Å². The van der Waals surface area contributed by atoms with Crippen molar-refractivity contribution in [2.45, 2.75) is 33.2 Å². The molecule has 2 aliphatic rings. The zero-order chi connectivity index (χ0) is 18.7. The Morgan fingerprint density at radius 3 is 2.69 bits per heavy atom. The van der Waals surface area contributed by atoms with Crippen LogP contribution < -0.4 is 10.6 Å². The molecular weight excluding hydrogens is 350 g/mol. The summed E-state index contributed by atoms with van der Waals surface area (Å²) in [5.41, 5.74) is 1.17. The van der Waals surface area contributed by atoms with Crippen LogP contribution >= 0.6 is 11.3 Å². The lowest BCUT2D eigenvalue weighted by atomic mass is 9.91. The highest BCUT2D eigenvalue weighted by molar-refractivity contribution is 7.10. The van der Waals surface area contributed by atoms with Crippen molar-refractivity contribution in [2.24, 2.45) is 11.8 Å². The van der Waals surface area contributed by atoms with Crippen LogP contribution in [0.3, 0.4) is 0 Å². The SMILES string of the molecule is CCOC(=O)C1=C(CN2C[C@H](C)C[C@@H](C)C2)NC(=O)N[C@H]1c1cccs1. The smallest absolute Gasteiger partial charge is 0.338 e.